The first-order valence-corrected chi connectivity index (χ1v) is 18.6. The lowest BCUT2D eigenvalue weighted by atomic mass is 10.0. The Hall–Kier alpha value is -3.88. The van der Waals surface area contributed by atoms with Crippen molar-refractivity contribution in [3.8, 4) is 17.2 Å². The third-order valence-electron chi connectivity index (χ3n) is 7.87. The highest BCUT2D eigenvalue weighted by molar-refractivity contribution is 7.89. The van der Waals surface area contributed by atoms with Crippen molar-refractivity contribution in [3.05, 3.63) is 81.1 Å². The molecule has 2 aromatic carbocycles. The molecule has 16 heteroatoms. The zero-order valence-corrected chi connectivity index (χ0v) is 29.3. The Morgan fingerprint density at radius 3 is 2.14 bits per heavy atom. The van der Waals surface area contributed by atoms with Crippen molar-refractivity contribution in [2.75, 3.05) is 26.1 Å². The Labute approximate surface area is 297 Å². The van der Waals surface area contributed by atoms with Gasteiger partial charge in [-0.3, -0.25) is 10.0 Å². The highest BCUT2D eigenvalue weighted by Crippen LogP contribution is 2.38. The Morgan fingerprint density at radius 2 is 1.54 bits per heavy atom. The van der Waals surface area contributed by atoms with Crippen LogP contribution in [-0.2, 0) is 47.5 Å². The van der Waals surface area contributed by atoms with Crippen LogP contribution in [0, 0.1) is 11.8 Å². The molecule has 0 amide bonds. The fraction of sp³-hybridized carbons (Fsp3) is 0.441. The summed E-state index contributed by atoms with van der Waals surface area (Å²) in [5.74, 6) is -1.03. The van der Waals surface area contributed by atoms with Gasteiger partial charge in [0.05, 0.1) is 25.4 Å². The van der Waals surface area contributed by atoms with E-state index in [1.807, 2.05) is 0 Å². The third-order valence-corrected chi connectivity index (χ3v) is 9.36. The minimum atomic E-state index is -3.40. The van der Waals surface area contributed by atoms with Gasteiger partial charge in [0.15, 0.2) is 27.9 Å². The number of alkyl halides is 2. The number of ether oxygens (including phenoxy) is 5. The normalized spacial score (nSPS) is 15.0. The Morgan fingerprint density at radius 1 is 0.920 bits per heavy atom. The molecule has 0 unspecified atom stereocenters. The maximum Gasteiger partial charge on any atom is 0.387 e. The van der Waals surface area contributed by atoms with E-state index in [-0.39, 0.29) is 46.7 Å². The molecule has 11 nitrogen and oxygen atoms in total. The molecule has 1 heterocycles. The number of esters is 2. The number of aromatic nitrogens is 1. The number of halogens is 4. The van der Waals surface area contributed by atoms with Crippen LogP contribution in [0.4, 0.5) is 8.78 Å². The molecule has 50 heavy (non-hydrogen) atoms. The van der Waals surface area contributed by atoms with Crippen LogP contribution in [0.1, 0.15) is 54.0 Å². The molecule has 0 aliphatic heterocycles. The van der Waals surface area contributed by atoms with Gasteiger partial charge in [0, 0.05) is 28.5 Å². The van der Waals surface area contributed by atoms with Crippen LogP contribution >= 0.6 is 23.2 Å². The van der Waals surface area contributed by atoms with E-state index >= 15 is 0 Å². The second-order valence-corrected chi connectivity index (χ2v) is 15.4. The molecule has 2 aliphatic rings. The number of rotatable bonds is 18. The summed E-state index contributed by atoms with van der Waals surface area (Å²) >= 11 is 12.7. The van der Waals surface area contributed by atoms with Crippen LogP contribution in [0.3, 0.4) is 0 Å². The summed E-state index contributed by atoms with van der Waals surface area (Å²) in [6.07, 6.45) is 5.97. The molecule has 2 aliphatic carbocycles. The first-order chi connectivity index (χ1) is 23.7. The zero-order chi connectivity index (χ0) is 36.0. The van der Waals surface area contributed by atoms with Gasteiger partial charge >= 0.3 is 18.6 Å². The van der Waals surface area contributed by atoms with Crippen molar-refractivity contribution in [1.29, 1.82) is 0 Å². The first-order valence-electron chi connectivity index (χ1n) is 15.8. The highest BCUT2D eigenvalue weighted by Gasteiger charge is 2.27. The van der Waals surface area contributed by atoms with Crippen LogP contribution in [0.2, 0.25) is 10.0 Å². The highest BCUT2D eigenvalue weighted by atomic mass is 35.5. The van der Waals surface area contributed by atoms with Crippen LogP contribution < -0.4 is 18.9 Å². The van der Waals surface area contributed by atoms with Crippen LogP contribution in [0.15, 0.2) is 48.8 Å². The summed E-state index contributed by atoms with van der Waals surface area (Å²) in [5.41, 5.74) is 1.48. The SMILES string of the molecule is CS(=O)(=O)Cc1cc(CC(=O)OCC(=O)O[C@@H](Cc2c(Cl)c[n+](O)cc2Cl)c2ccc(OC(F)F)c(OCC3CC3)c2)ccc1OCC1CC1. The second kappa shape index (κ2) is 16.4. The fourth-order valence-corrected chi connectivity index (χ4v) is 6.39. The lowest BCUT2D eigenvalue weighted by molar-refractivity contribution is -0.904. The first kappa shape index (κ1) is 37.4. The molecule has 270 valence electrons. The number of pyridine rings is 1. The minimum absolute atomic E-state index is 0.0137. The number of hydrogen-bond donors (Lipinski definition) is 1. The van der Waals surface area contributed by atoms with Crippen molar-refractivity contribution in [2.24, 2.45) is 11.8 Å². The molecular formula is C34H36Cl2F2NO10S+. The van der Waals surface area contributed by atoms with E-state index in [1.54, 1.807) is 18.2 Å². The monoisotopic (exact) mass is 758 g/mol. The fourth-order valence-electron chi connectivity index (χ4n) is 4.99. The Kier molecular flexibility index (Phi) is 12.3. The van der Waals surface area contributed by atoms with E-state index in [1.165, 1.54) is 30.6 Å². The van der Waals surface area contributed by atoms with E-state index in [4.69, 9.17) is 42.1 Å². The summed E-state index contributed by atoms with van der Waals surface area (Å²) in [7, 11) is -3.40. The van der Waals surface area contributed by atoms with Crippen molar-refractivity contribution in [3.63, 3.8) is 0 Å². The van der Waals surface area contributed by atoms with Gasteiger partial charge in [0.1, 0.15) is 21.9 Å². The summed E-state index contributed by atoms with van der Waals surface area (Å²) in [5, 5.41) is 9.91. The molecule has 1 atom stereocenters. The number of benzene rings is 2. The number of nitrogens with zero attached hydrogens (tertiary/aromatic N) is 1. The van der Waals surface area contributed by atoms with Gasteiger partial charge in [0.25, 0.3) is 0 Å². The molecule has 0 radical (unpaired) electrons. The molecule has 2 saturated carbocycles. The molecule has 0 bridgehead atoms. The van der Waals surface area contributed by atoms with E-state index in [9.17, 15) is 32.0 Å². The van der Waals surface area contributed by atoms with E-state index < -0.39 is 41.1 Å². The smallest absolute Gasteiger partial charge is 0.387 e. The van der Waals surface area contributed by atoms with Gasteiger partial charge in [-0.25, -0.2) is 13.2 Å². The van der Waals surface area contributed by atoms with Crippen LogP contribution in [0.5, 0.6) is 17.2 Å². The van der Waals surface area contributed by atoms with Crippen molar-refractivity contribution in [1.82, 2.24) is 0 Å². The molecule has 2 fully saturated rings. The van der Waals surface area contributed by atoms with Crippen LogP contribution in [-0.4, -0.2) is 58.3 Å². The van der Waals surface area contributed by atoms with E-state index in [0.29, 0.717) is 51.2 Å². The molecule has 1 aromatic heterocycles. The molecule has 0 saturated heterocycles. The number of carbonyl (C=O) groups is 2. The largest absolute Gasteiger partial charge is 0.493 e. The molecular weight excluding hydrogens is 723 g/mol. The van der Waals surface area contributed by atoms with Gasteiger partial charge in [0.2, 0.25) is 12.4 Å². The lowest BCUT2D eigenvalue weighted by Crippen LogP contribution is -2.29. The average molecular weight is 760 g/mol. The van der Waals surface area contributed by atoms with E-state index in [2.05, 4.69) is 4.74 Å². The summed E-state index contributed by atoms with van der Waals surface area (Å²) < 4.78 is 78.1. The number of carbonyl (C=O) groups excluding carboxylic acids is 2. The van der Waals surface area contributed by atoms with Crippen molar-refractivity contribution in [2.45, 2.75) is 57.0 Å². The van der Waals surface area contributed by atoms with Crippen LogP contribution in [0.25, 0.3) is 0 Å². The molecule has 0 spiro atoms. The van der Waals surface area contributed by atoms with Gasteiger partial charge < -0.3 is 23.7 Å². The lowest BCUT2D eigenvalue weighted by Gasteiger charge is -2.21. The quantitative estimate of drug-likeness (QED) is 0.0955. The predicted molar refractivity (Wildman–Crippen MR) is 176 cm³/mol. The minimum Gasteiger partial charge on any atom is -0.493 e. The molecule has 5 rings (SSSR count). The van der Waals surface area contributed by atoms with E-state index in [0.717, 1.165) is 31.9 Å². The maximum absolute atomic E-state index is 13.1. The van der Waals surface area contributed by atoms with Gasteiger partial charge in [-0.15, -0.1) is 0 Å². The number of sulfone groups is 1. The Bertz CT molecular complexity index is 1800. The topological polar surface area (TPSA) is 139 Å². The maximum atomic E-state index is 13.1. The Balaban J connectivity index is 1.29. The van der Waals surface area contributed by atoms with Gasteiger partial charge in [-0.2, -0.15) is 8.78 Å². The standard InChI is InChI=1S/C34H36Cl2F2NO10S/c1-50(43,44)19-24-10-22(6-8-28(24)45-16-20-2-3-20)11-32(40)47-18-33(41)48-30(13-25-26(35)14-39(42)15-27(25)36)23-7-9-29(49-34(37)38)31(12-23)46-17-21-4-5-21/h6-10,12,14-15,20-21,30,34,42H,2-5,11,13,16-19H2,1H3/q+1/t30-/m0/s1. The van der Waals surface area contributed by atoms with Crippen molar-refractivity contribution < 1.29 is 60.4 Å². The molecule has 1 N–H and O–H groups in total. The number of hydrogen-bond acceptors (Lipinski definition) is 10. The predicted octanol–water partition coefficient (Wildman–Crippen LogP) is 5.85. The van der Waals surface area contributed by atoms with Gasteiger partial charge in [-0.05, 0) is 66.8 Å². The zero-order valence-electron chi connectivity index (χ0n) is 27.0. The van der Waals surface area contributed by atoms with Gasteiger partial charge in [-0.1, -0.05) is 41.4 Å². The average Bonchev–Trinajstić information content (AvgIpc) is 3.95. The third kappa shape index (κ3) is 11.6. The van der Waals surface area contributed by atoms with Crippen molar-refractivity contribution >= 4 is 45.0 Å². The summed E-state index contributed by atoms with van der Waals surface area (Å²) in [6.45, 7) is -3.13. The summed E-state index contributed by atoms with van der Waals surface area (Å²) in [6, 6.07) is 8.88. The second-order valence-electron chi connectivity index (χ2n) is 12.4. The molecule has 3 aromatic rings. The summed E-state index contributed by atoms with van der Waals surface area (Å²) in [4.78, 5) is 25.8.